The van der Waals surface area contributed by atoms with Crippen molar-refractivity contribution in [3.63, 3.8) is 0 Å². The quantitative estimate of drug-likeness (QED) is 0.640. The van der Waals surface area contributed by atoms with Crippen LogP contribution in [0.15, 0.2) is 17.2 Å². The number of anilines is 3. The van der Waals surface area contributed by atoms with E-state index in [1.54, 1.807) is 0 Å². The maximum absolute atomic E-state index is 14.5. The molecular weight excluding hydrogens is 289 g/mol. The van der Waals surface area contributed by atoms with Gasteiger partial charge in [-0.25, -0.2) is 9.29 Å². The molecular formula is C15H16FN3O3. The molecule has 7 heteroatoms. The summed E-state index contributed by atoms with van der Waals surface area (Å²) in [5, 5.41) is 0. The third-order valence-electron chi connectivity index (χ3n) is 4.10. The molecule has 1 aromatic carbocycles. The second-order valence-electron chi connectivity index (χ2n) is 5.36. The fraction of sp³-hybridized carbons (Fsp3) is 0.333. The lowest BCUT2D eigenvalue weighted by atomic mass is 9.93. The molecule has 0 radical (unpaired) electrons. The number of hydrogen-bond donors (Lipinski definition) is 2. The van der Waals surface area contributed by atoms with Gasteiger partial charge in [-0.15, -0.1) is 0 Å². The number of hydrogen-bond acceptors (Lipinski definition) is 5. The smallest absolute Gasteiger partial charge is 0.261 e. The molecule has 1 aliphatic heterocycles. The number of amides is 2. The molecule has 0 spiro atoms. The monoisotopic (exact) mass is 305 g/mol. The number of imide groups is 1. The van der Waals surface area contributed by atoms with Gasteiger partial charge in [-0.1, -0.05) is 0 Å². The minimum atomic E-state index is -0.882. The van der Waals surface area contributed by atoms with E-state index in [-0.39, 0.29) is 22.8 Å². The number of halogens is 1. The van der Waals surface area contributed by atoms with E-state index in [0.29, 0.717) is 24.0 Å². The third-order valence-corrected chi connectivity index (χ3v) is 4.10. The molecule has 0 saturated heterocycles. The molecule has 116 valence electrons. The van der Waals surface area contributed by atoms with Crippen LogP contribution in [0.3, 0.4) is 0 Å². The minimum Gasteiger partial charge on any atom is -0.492 e. The first-order valence-electron chi connectivity index (χ1n) is 6.99. The van der Waals surface area contributed by atoms with Crippen molar-refractivity contribution in [1.29, 1.82) is 0 Å². The Balaban J connectivity index is 2.10. The Morgan fingerprint density at radius 3 is 2.18 bits per heavy atom. The van der Waals surface area contributed by atoms with Gasteiger partial charge >= 0.3 is 0 Å². The van der Waals surface area contributed by atoms with E-state index in [1.807, 2.05) is 0 Å². The Hall–Kier alpha value is -2.57. The molecule has 1 aromatic rings. The first-order valence-corrected chi connectivity index (χ1v) is 6.99. The Labute approximate surface area is 126 Å². The van der Waals surface area contributed by atoms with Gasteiger partial charge < -0.3 is 16.2 Å². The van der Waals surface area contributed by atoms with Crippen LogP contribution in [0.4, 0.5) is 21.5 Å². The van der Waals surface area contributed by atoms with Crippen molar-refractivity contribution in [2.75, 3.05) is 23.5 Å². The van der Waals surface area contributed by atoms with Crippen LogP contribution in [0, 0.1) is 5.82 Å². The van der Waals surface area contributed by atoms with Crippen molar-refractivity contribution < 1.29 is 18.7 Å². The summed E-state index contributed by atoms with van der Waals surface area (Å²) in [6.45, 7) is 0. The zero-order chi connectivity index (χ0) is 16.0. The van der Waals surface area contributed by atoms with Crippen molar-refractivity contribution in [1.82, 2.24) is 0 Å². The molecule has 0 aromatic heterocycles. The predicted molar refractivity (Wildman–Crippen MR) is 79.8 cm³/mol. The Bertz CT molecular complexity index is 699. The molecule has 22 heavy (non-hydrogen) atoms. The molecule has 0 unspecified atom stereocenters. The van der Waals surface area contributed by atoms with Crippen LogP contribution in [0.2, 0.25) is 0 Å². The summed E-state index contributed by atoms with van der Waals surface area (Å²) in [7, 11) is 1.31. The minimum absolute atomic E-state index is 0.00179. The van der Waals surface area contributed by atoms with E-state index in [4.69, 9.17) is 16.2 Å². The molecule has 0 saturated carbocycles. The van der Waals surface area contributed by atoms with Crippen molar-refractivity contribution in [3.8, 4) is 5.75 Å². The number of nitrogens with zero attached hydrogens (tertiary/aromatic N) is 1. The van der Waals surface area contributed by atoms with Crippen LogP contribution < -0.4 is 21.1 Å². The van der Waals surface area contributed by atoms with E-state index in [0.717, 1.165) is 17.7 Å². The van der Waals surface area contributed by atoms with E-state index in [9.17, 15) is 14.0 Å². The number of ether oxygens (including phenoxy) is 1. The van der Waals surface area contributed by atoms with Crippen molar-refractivity contribution in [3.05, 3.63) is 23.0 Å². The van der Waals surface area contributed by atoms with Crippen molar-refractivity contribution in [2.45, 2.75) is 25.7 Å². The maximum atomic E-state index is 14.5. The molecule has 2 aliphatic rings. The second-order valence-corrected chi connectivity index (χ2v) is 5.36. The number of carbonyl (C=O) groups is 2. The van der Waals surface area contributed by atoms with Gasteiger partial charge in [-0.2, -0.15) is 0 Å². The summed E-state index contributed by atoms with van der Waals surface area (Å²) in [6.07, 6.45) is 2.78. The lowest BCUT2D eigenvalue weighted by molar-refractivity contribution is -0.120. The summed E-state index contributed by atoms with van der Waals surface area (Å²) in [4.78, 5) is 25.7. The van der Waals surface area contributed by atoms with Crippen LogP contribution in [0.1, 0.15) is 25.7 Å². The highest BCUT2D eigenvalue weighted by atomic mass is 19.1. The molecule has 0 bridgehead atoms. The first-order chi connectivity index (χ1) is 10.5. The highest BCUT2D eigenvalue weighted by Gasteiger charge is 2.41. The van der Waals surface area contributed by atoms with Gasteiger partial charge in [-0.05, 0) is 31.7 Å². The third kappa shape index (κ3) is 1.85. The van der Waals surface area contributed by atoms with Crippen LogP contribution in [-0.4, -0.2) is 18.9 Å². The highest BCUT2D eigenvalue weighted by molar-refractivity contribution is 6.33. The lowest BCUT2D eigenvalue weighted by Crippen LogP contribution is -2.32. The second kappa shape index (κ2) is 5.01. The van der Waals surface area contributed by atoms with E-state index in [1.165, 1.54) is 13.2 Å². The van der Waals surface area contributed by atoms with Crippen molar-refractivity contribution in [2.24, 2.45) is 0 Å². The summed E-state index contributed by atoms with van der Waals surface area (Å²) >= 11 is 0. The standard InChI is InChI=1S/C15H16FN3O3/c1-22-13-9(17)6-10(11(16)12(13)18)19-14(20)7-4-2-3-5-8(7)15(19)21/h6H,2-5,17-18H2,1H3. The van der Waals surface area contributed by atoms with Gasteiger partial charge in [0, 0.05) is 11.1 Å². The molecule has 4 N–H and O–H groups in total. The number of carbonyl (C=O) groups excluding carboxylic acids is 2. The maximum Gasteiger partial charge on any atom is 0.261 e. The molecule has 1 aliphatic carbocycles. The number of rotatable bonds is 2. The molecule has 0 atom stereocenters. The summed E-state index contributed by atoms with van der Waals surface area (Å²) < 4.78 is 19.4. The first kappa shape index (κ1) is 14.4. The molecule has 1 heterocycles. The number of nitrogens with two attached hydrogens (primary N) is 2. The molecule has 2 amide bonds. The van der Waals surface area contributed by atoms with Crippen LogP contribution >= 0.6 is 0 Å². The van der Waals surface area contributed by atoms with Gasteiger partial charge in [0.25, 0.3) is 11.8 Å². The van der Waals surface area contributed by atoms with Crippen molar-refractivity contribution >= 4 is 28.9 Å². The Morgan fingerprint density at radius 2 is 1.68 bits per heavy atom. The van der Waals surface area contributed by atoms with Gasteiger partial charge in [-0.3, -0.25) is 9.59 Å². The number of methoxy groups -OCH3 is 1. The van der Waals surface area contributed by atoms with Gasteiger partial charge in [0.05, 0.1) is 18.5 Å². The zero-order valence-corrected chi connectivity index (χ0v) is 12.1. The largest absolute Gasteiger partial charge is 0.492 e. The number of nitrogen functional groups attached to an aromatic ring is 2. The average Bonchev–Trinajstić information content (AvgIpc) is 2.76. The normalized spacial score (nSPS) is 18.0. The van der Waals surface area contributed by atoms with Gasteiger partial charge in [0.15, 0.2) is 11.6 Å². The fourth-order valence-electron chi connectivity index (χ4n) is 3.02. The number of benzene rings is 1. The van der Waals surface area contributed by atoms with Crippen LogP contribution in [-0.2, 0) is 9.59 Å². The Morgan fingerprint density at radius 1 is 1.14 bits per heavy atom. The lowest BCUT2D eigenvalue weighted by Gasteiger charge is -2.19. The summed E-state index contributed by atoms with van der Waals surface area (Å²) in [5.74, 6) is -1.85. The predicted octanol–water partition coefficient (Wildman–Crippen LogP) is 1.74. The van der Waals surface area contributed by atoms with E-state index in [2.05, 4.69) is 0 Å². The van der Waals surface area contributed by atoms with Gasteiger partial charge in [0.1, 0.15) is 5.69 Å². The topological polar surface area (TPSA) is 98.6 Å². The summed E-state index contributed by atoms with van der Waals surface area (Å²) in [5.41, 5.74) is 11.9. The molecule has 6 nitrogen and oxygen atoms in total. The van der Waals surface area contributed by atoms with Gasteiger partial charge in [0.2, 0.25) is 0 Å². The van der Waals surface area contributed by atoms with Crippen LogP contribution in [0.5, 0.6) is 5.75 Å². The van der Waals surface area contributed by atoms with E-state index >= 15 is 0 Å². The van der Waals surface area contributed by atoms with E-state index < -0.39 is 17.6 Å². The SMILES string of the molecule is COc1c(N)cc(N2C(=O)C3=C(CCCC3)C2=O)c(F)c1N. The highest BCUT2D eigenvalue weighted by Crippen LogP contribution is 2.41. The van der Waals surface area contributed by atoms with Crippen LogP contribution in [0.25, 0.3) is 0 Å². The average molecular weight is 305 g/mol. The fourth-order valence-corrected chi connectivity index (χ4v) is 3.02. The Kier molecular flexibility index (Phi) is 3.27. The summed E-state index contributed by atoms with van der Waals surface area (Å²) in [6, 6.07) is 1.21. The zero-order valence-electron chi connectivity index (χ0n) is 12.1. The molecule has 0 fully saturated rings. The molecule has 3 rings (SSSR count).